The molecule has 1 N–H and O–H groups in total. The van der Waals surface area contributed by atoms with Crippen LogP contribution in [0.5, 0.6) is 0 Å². The summed E-state index contributed by atoms with van der Waals surface area (Å²) in [5.41, 5.74) is 0.314. The lowest BCUT2D eigenvalue weighted by Crippen LogP contribution is -2.59. The highest BCUT2D eigenvalue weighted by atomic mass is 35.5. The van der Waals surface area contributed by atoms with Crippen molar-refractivity contribution in [3.8, 4) is 0 Å². The monoisotopic (exact) mass is 354 g/mol. The molecule has 0 bridgehead atoms. The molecule has 1 aliphatic heterocycles. The molecule has 3 fully saturated rings. The number of carbonyl (C=O) groups is 1. The van der Waals surface area contributed by atoms with Gasteiger partial charge in [-0.15, -0.1) is 11.6 Å². The summed E-state index contributed by atoms with van der Waals surface area (Å²) < 4.78 is 5.05. The minimum absolute atomic E-state index is 0.0726. The third kappa shape index (κ3) is 2.92. The number of hydrogen-bond acceptors (Lipinski definition) is 3. The number of aliphatic hydroxyl groups is 1. The van der Waals surface area contributed by atoms with Gasteiger partial charge in [0.1, 0.15) is 0 Å². The van der Waals surface area contributed by atoms with Crippen LogP contribution in [0.25, 0.3) is 0 Å². The maximum Gasteiger partial charge on any atom is 0.333 e. The number of allylic oxidation sites excluding steroid dienone is 1. The zero-order valence-electron chi connectivity index (χ0n) is 15.2. The van der Waals surface area contributed by atoms with E-state index in [-0.39, 0.29) is 23.2 Å². The van der Waals surface area contributed by atoms with Crippen LogP contribution in [0, 0.1) is 22.7 Å². The van der Waals surface area contributed by atoms with Crippen LogP contribution in [-0.2, 0) is 9.53 Å². The Morgan fingerprint density at radius 2 is 2.04 bits per heavy atom. The Hall–Kier alpha value is -0.540. The molecule has 3 rings (SSSR count). The smallest absolute Gasteiger partial charge is 0.333 e. The molecular weight excluding hydrogens is 324 g/mol. The molecule has 0 amide bonds. The number of ether oxygens (including phenoxy) is 1. The summed E-state index contributed by atoms with van der Waals surface area (Å²) in [5.74, 6) is 0.780. The van der Waals surface area contributed by atoms with E-state index < -0.39 is 5.60 Å². The lowest BCUT2D eigenvalue weighted by molar-refractivity contribution is -0.164. The number of esters is 1. The van der Waals surface area contributed by atoms with E-state index >= 15 is 0 Å². The van der Waals surface area contributed by atoms with Crippen LogP contribution < -0.4 is 0 Å². The minimum Gasteiger partial charge on any atom is -0.462 e. The van der Waals surface area contributed by atoms with Crippen LogP contribution in [0.2, 0.25) is 0 Å². The van der Waals surface area contributed by atoms with Gasteiger partial charge in [-0.25, -0.2) is 4.79 Å². The lowest BCUT2D eigenvalue weighted by Gasteiger charge is -2.61. The van der Waals surface area contributed by atoms with E-state index in [4.69, 9.17) is 16.3 Å². The molecule has 0 spiro atoms. The average Bonchev–Trinajstić information content (AvgIpc) is 2.91. The molecule has 2 saturated carbocycles. The largest absolute Gasteiger partial charge is 0.462 e. The van der Waals surface area contributed by atoms with Crippen molar-refractivity contribution in [3.05, 3.63) is 11.6 Å². The van der Waals surface area contributed by atoms with Crippen LogP contribution in [-0.4, -0.2) is 29.2 Å². The fraction of sp³-hybridized carbons (Fsp3) is 0.850. The van der Waals surface area contributed by atoms with E-state index in [1.807, 2.05) is 6.08 Å². The van der Waals surface area contributed by atoms with Gasteiger partial charge >= 0.3 is 5.97 Å². The molecule has 1 saturated heterocycles. The van der Waals surface area contributed by atoms with Gasteiger partial charge in [0.25, 0.3) is 0 Å². The van der Waals surface area contributed by atoms with Gasteiger partial charge in [-0.1, -0.05) is 33.3 Å². The first-order chi connectivity index (χ1) is 11.2. The van der Waals surface area contributed by atoms with Crippen molar-refractivity contribution in [2.75, 3.05) is 12.5 Å². The highest BCUT2D eigenvalue weighted by molar-refractivity contribution is 6.18. The number of halogens is 1. The van der Waals surface area contributed by atoms with Crippen molar-refractivity contribution < 1.29 is 14.6 Å². The molecule has 3 nitrogen and oxygen atoms in total. The topological polar surface area (TPSA) is 46.5 Å². The maximum absolute atomic E-state index is 11.8. The predicted octanol–water partition coefficient (Wildman–Crippen LogP) is 4.46. The molecule has 0 aromatic heterocycles. The molecule has 4 unspecified atom stereocenters. The molecule has 136 valence electrons. The quantitative estimate of drug-likeness (QED) is 0.462. The Kier molecular flexibility index (Phi) is 4.81. The van der Waals surface area contributed by atoms with E-state index in [0.29, 0.717) is 24.4 Å². The summed E-state index contributed by atoms with van der Waals surface area (Å²) in [6.07, 6.45) is 8.83. The summed E-state index contributed by atoms with van der Waals surface area (Å²) in [4.78, 5) is 11.8. The SMILES string of the molecule is CC1(C)CCCC2(C)C1CCC(O)(CCl)C2CC=C1CCOC1=O. The first-order valence-corrected chi connectivity index (χ1v) is 9.91. The maximum atomic E-state index is 11.8. The number of rotatable bonds is 3. The molecule has 2 aliphatic carbocycles. The Morgan fingerprint density at radius 1 is 1.29 bits per heavy atom. The molecule has 0 aromatic rings. The van der Waals surface area contributed by atoms with E-state index in [9.17, 15) is 9.90 Å². The van der Waals surface area contributed by atoms with Gasteiger partial charge in [0.05, 0.1) is 18.1 Å². The molecule has 3 aliphatic rings. The van der Waals surface area contributed by atoms with Gasteiger partial charge in [0.2, 0.25) is 0 Å². The molecule has 1 heterocycles. The second kappa shape index (κ2) is 6.32. The van der Waals surface area contributed by atoms with Crippen LogP contribution >= 0.6 is 11.6 Å². The lowest BCUT2D eigenvalue weighted by atomic mass is 9.45. The number of fused-ring (bicyclic) bond motifs is 1. The summed E-state index contributed by atoms with van der Waals surface area (Å²) >= 11 is 6.24. The highest BCUT2D eigenvalue weighted by Crippen LogP contribution is 2.63. The van der Waals surface area contributed by atoms with Crippen molar-refractivity contribution in [1.82, 2.24) is 0 Å². The summed E-state index contributed by atoms with van der Waals surface area (Å²) in [6, 6.07) is 0. The van der Waals surface area contributed by atoms with Crippen molar-refractivity contribution in [1.29, 1.82) is 0 Å². The van der Waals surface area contributed by atoms with Gasteiger partial charge in [0, 0.05) is 12.0 Å². The van der Waals surface area contributed by atoms with Crippen LogP contribution in [0.3, 0.4) is 0 Å². The first kappa shape index (κ1) is 18.3. The first-order valence-electron chi connectivity index (χ1n) is 9.37. The highest BCUT2D eigenvalue weighted by Gasteiger charge is 2.58. The van der Waals surface area contributed by atoms with Crippen molar-refractivity contribution in [2.24, 2.45) is 22.7 Å². The predicted molar refractivity (Wildman–Crippen MR) is 95.9 cm³/mol. The summed E-state index contributed by atoms with van der Waals surface area (Å²) in [6.45, 7) is 7.60. The summed E-state index contributed by atoms with van der Waals surface area (Å²) in [5, 5.41) is 11.3. The van der Waals surface area contributed by atoms with E-state index in [2.05, 4.69) is 20.8 Å². The Balaban J connectivity index is 1.92. The van der Waals surface area contributed by atoms with E-state index in [1.54, 1.807) is 0 Å². The molecular formula is C20H31ClO3. The molecule has 24 heavy (non-hydrogen) atoms. The van der Waals surface area contributed by atoms with E-state index in [0.717, 1.165) is 31.3 Å². The normalized spacial score (nSPS) is 43.5. The Bertz CT molecular complexity index is 541. The zero-order valence-corrected chi connectivity index (χ0v) is 16.0. The number of carbonyl (C=O) groups excluding carboxylic acids is 1. The number of hydrogen-bond donors (Lipinski definition) is 1. The van der Waals surface area contributed by atoms with Gasteiger partial charge in [0.15, 0.2) is 0 Å². The second-order valence-electron chi connectivity index (χ2n) is 9.08. The standard InChI is InChI=1S/C20H31ClO3/c1-18(2)9-4-10-19(3)15(18)7-11-20(23,13-21)16(19)6-5-14-8-12-24-17(14)22/h5,15-16,23H,4,6-13H2,1-3H3. The molecule has 0 radical (unpaired) electrons. The van der Waals surface area contributed by atoms with E-state index in [1.165, 1.54) is 12.8 Å². The fourth-order valence-corrected chi connectivity index (χ4v) is 6.35. The molecule has 4 atom stereocenters. The average molecular weight is 355 g/mol. The number of cyclic esters (lactones) is 1. The molecule has 4 heteroatoms. The fourth-order valence-electron chi connectivity index (χ4n) is 6.03. The zero-order chi connectivity index (χ0) is 17.6. The number of alkyl halides is 1. The summed E-state index contributed by atoms with van der Waals surface area (Å²) in [7, 11) is 0. The second-order valence-corrected chi connectivity index (χ2v) is 9.35. The molecule has 0 aromatic carbocycles. The van der Waals surface area contributed by atoms with Crippen molar-refractivity contribution in [3.63, 3.8) is 0 Å². The van der Waals surface area contributed by atoms with Gasteiger partial charge < -0.3 is 9.84 Å². The van der Waals surface area contributed by atoms with Crippen LogP contribution in [0.1, 0.15) is 65.7 Å². The van der Waals surface area contributed by atoms with Gasteiger partial charge in [-0.3, -0.25) is 0 Å². The van der Waals surface area contributed by atoms with Crippen molar-refractivity contribution >= 4 is 17.6 Å². The minimum atomic E-state index is -0.834. The van der Waals surface area contributed by atoms with Gasteiger partial charge in [-0.2, -0.15) is 0 Å². The van der Waals surface area contributed by atoms with Gasteiger partial charge in [-0.05, 0) is 54.8 Å². The van der Waals surface area contributed by atoms with Crippen LogP contribution in [0.15, 0.2) is 11.6 Å². The third-order valence-electron chi connectivity index (χ3n) is 7.28. The third-order valence-corrected chi connectivity index (χ3v) is 7.75. The Labute approximate surface area is 150 Å². The Morgan fingerprint density at radius 3 is 2.67 bits per heavy atom. The van der Waals surface area contributed by atoms with Crippen molar-refractivity contribution in [2.45, 2.75) is 71.3 Å². The van der Waals surface area contributed by atoms with Crippen LogP contribution in [0.4, 0.5) is 0 Å².